The molecular weight excluding hydrogens is 534 g/mol. The second-order valence-electron chi connectivity index (χ2n) is 10.9. The number of fused-ring (bicyclic) bond motifs is 3. The molecule has 0 heterocycles. The van der Waals surface area contributed by atoms with Gasteiger partial charge < -0.3 is 37.0 Å². The number of rotatable bonds is 4. The van der Waals surface area contributed by atoms with Gasteiger partial charge in [-0.15, -0.1) is 0 Å². The summed E-state index contributed by atoms with van der Waals surface area (Å²) in [6, 6.07) is 7.81. The number of likely N-dealkylation sites (N-methyl/N-ethyl adjacent to an activating group) is 1. The maximum Gasteiger partial charge on any atom is 0.255 e. The number of ketones is 2. The van der Waals surface area contributed by atoms with Crippen LogP contribution < -0.4 is 11.5 Å². The molecule has 0 spiro atoms. The Morgan fingerprint density at radius 3 is 2.24 bits per heavy atom. The van der Waals surface area contributed by atoms with Crippen LogP contribution in [0.1, 0.15) is 34.3 Å². The van der Waals surface area contributed by atoms with Gasteiger partial charge in [-0.3, -0.25) is 24.1 Å². The lowest BCUT2D eigenvalue weighted by Gasteiger charge is -2.53. The fourth-order valence-electron chi connectivity index (χ4n) is 6.69. The standard InChI is InChI=1S/C29H29N3O9/c1-10-13-7-8-14(11-5-4-6-12(9-11)27(30)39)21(33)16(13)22(34)17-15(10)23(35)19-20(32(2)3)24(36)18(28(31)40)26(38)29(19,41)25(17)37/h4-10,15,19-20,23,33-35,38,41H,1-3H3,(H2,30,39)(H2,31,40). The Kier molecular flexibility index (Phi) is 6.33. The zero-order chi connectivity index (χ0) is 30.3. The zero-order valence-electron chi connectivity index (χ0n) is 22.3. The minimum Gasteiger partial charge on any atom is -0.508 e. The van der Waals surface area contributed by atoms with E-state index in [4.69, 9.17) is 11.5 Å². The van der Waals surface area contributed by atoms with Crippen molar-refractivity contribution in [3.8, 4) is 16.9 Å². The number of hydrogen-bond acceptors (Lipinski definition) is 10. The van der Waals surface area contributed by atoms with Gasteiger partial charge in [0.05, 0.1) is 23.6 Å². The number of Topliss-reactive ketones (excluding diaryl/α,β-unsaturated/α-hetero) is 2. The molecule has 0 bridgehead atoms. The summed E-state index contributed by atoms with van der Waals surface area (Å²) in [5.74, 6) is -10.3. The Bertz CT molecular complexity index is 1630. The molecule has 0 aromatic heterocycles. The molecule has 1 fully saturated rings. The minimum atomic E-state index is -2.99. The Labute approximate surface area is 233 Å². The predicted octanol–water partition coefficient (Wildman–Crippen LogP) is 0.262. The second kappa shape index (κ2) is 9.26. The van der Waals surface area contributed by atoms with Crippen LogP contribution in [-0.4, -0.2) is 85.7 Å². The summed E-state index contributed by atoms with van der Waals surface area (Å²) in [6.07, 6.45) is -1.68. The summed E-state index contributed by atoms with van der Waals surface area (Å²) in [5.41, 5.74) is 7.21. The molecule has 0 saturated heterocycles. The molecule has 0 radical (unpaired) electrons. The van der Waals surface area contributed by atoms with E-state index in [1.165, 1.54) is 31.1 Å². The number of nitrogens with two attached hydrogens (primary N) is 2. The topological polar surface area (TPSA) is 225 Å². The van der Waals surface area contributed by atoms with Gasteiger partial charge in [0.25, 0.3) is 5.91 Å². The molecule has 2 aromatic rings. The van der Waals surface area contributed by atoms with Crippen molar-refractivity contribution in [2.24, 2.45) is 23.3 Å². The van der Waals surface area contributed by atoms with Gasteiger partial charge in [0.2, 0.25) is 11.7 Å². The molecule has 0 aliphatic heterocycles. The second-order valence-corrected chi connectivity index (χ2v) is 10.9. The molecule has 1 saturated carbocycles. The average molecular weight is 564 g/mol. The normalized spacial score (nSPS) is 29.3. The molecule has 12 heteroatoms. The number of nitrogens with zero attached hydrogens (tertiary/aromatic N) is 1. The Balaban J connectivity index is 1.77. The quantitative estimate of drug-likeness (QED) is 0.251. The van der Waals surface area contributed by atoms with E-state index in [9.17, 15) is 44.7 Å². The van der Waals surface area contributed by atoms with Gasteiger partial charge in [-0.1, -0.05) is 31.2 Å². The first-order valence-corrected chi connectivity index (χ1v) is 12.7. The fraction of sp³-hybridized carbons (Fsp3) is 0.310. The number of primary amides is 2. The summed E-state index contributed by atoms with van der Waals surface area (Å²) in [4.78, 5) is 52.5. The van der Waals surface area contributed by atoms with Crippen LogP contribution in [0.4, 0.5) is 0 Å². The molecule has 41 heavy (non-hydrogen) atoms. The highest BCUT2D eigenvalue weighted by atomic mass is 16.4. The van der Waals surface area contributed by atoms with Gasteiger partial charge in [-0.05, 0) is 43.3 Å². The molecule has 5 rings (SSSR count). The van der Waals surface area contributed by atoms with Crippen LogP contribution in [0.3, 0.4) is 0 Å². The lowest BCUT2D eigenvalue weighted by molar-refractivity contribution is -0.169. The molecule has 9 N–H and O–H groups in total. The third-order valence-corrected chi connectivity index (χ3v) is 8.59. The number of phenolic OH excluding ortho intramolecular Hbond substituents is 1. The van der Waals surface area contributed by atoms with E-state index in [2.05, 4.69) is 0 Å². The van der Waals surface area contributed by atoms with Crippen LogP contribution in [0, 0.1) is 11.8 Å². The maximum atomic E-state index is 14.1. The van der Waals surface area contributed by atoms with Crippen LogP contribution in [0.5, 0.6) is 5.75 Å². The highest BCUT2D eigenvalue weighted by molar-refractivity contribution is 6.24. The lowest BCUT2D eigenvalue weighted by Crippen LogP contribution is -2.70. The predicted molar refractivity (Wildman–Crippen MR) is 144 cm³/mol. The number of phenols is 1. The molecule has 2 aromatic carbocycles. The van der Waals surface area contributed by atoms with E-state index in [0.717, 1.165) is 0 Å². The van der Waals surface area contributed by atoms with E-state index in [1.807, 2.05) is 0 Å². The first kappa shape index (κ1) is 28.0. The van der Waals surface area contributed by atoms with E-state index in [0.29, 0.717) is 11.1 Å². The monoisotopic (exact) mass is 563 g/mol. The lowest BCUT2D eigenvalue weighted by atomic mass is 9.54. The number of aliphatic hydroxyl groups excluding tert-OH is 3. The highest BCUT2D eigenvalue weighted by Gasteiger charge is 2.68. The van der Waals surface area contributed by atoms with Crippen LogP contribution in [0.15, 0.2) is 53.3 Å². The Morgan fingerprint density at radius 2 is 1.66 bits per heavy atom. The molecule has 6 atom stereocenters. The maximum absolute atomic E-state index is 14.1. The SMILES string of the molecule is CC1c2ccc(-c3cccc(C(N)=O)c3)c(O)c2C(O)=C2C(=O)C3(O)C(O)=C(C(N)=O)C(=O)C(N(C)C)C3C(O)C21. The van der Waals surface area contributed by atoms with Crippen LogP contribution >= 0.6 is 0 Å². The van der Waals surface area contributed by atoms with Gasteiger partial charge in [-0.25, -0.2) is 0 Å². The zero-order valence-corrected chi connectivity index (χ0v) is 22.3. The summed E-state index contributed by atoms with van der Waals surface area (Å²) >= 11 is 0. The van der Waals surface area contributed by atoms with Gasteiger partial charge in [-0.2, -0.15) is 0 Å². The number of carbonyl (C=O) groups excluding carboxylic acids is 4. The third-order valence-electron chi connectivity index (χ3n) is 8.59. The van der Waals surface area contributed by atoms with Crippen molar-refractivity contribution >= 4 is 29.1 Å². The van der Waals surface area contributed by atoms with Gasteiger partial charge in [0, 0.05) is 22.6 Å². The molecule has 12 nitrogen and oxygen atoms in total. The van der Waals surface area contributed by atoms with E-state index in [-0.39, 0.29) is 16.7 Å². The van der Waals surface area contributed by atoms with Crippen molar-refractivity contribution in [3.63, 3.8) is 0 Å². The van der Waals surface area contributed by atoms with Gasteiger partial charge in [0.15, 0.2) is 11.4 Å². The first-order chi connectivity index (χ1) is 19.2. The van der Waals surface area contributed by atoms with Crippen molar-refractivity contribution in [3.05, 3.63) is 70.0 Å². The van der Waals surface area contributed by atoms with Crippen molar-refractivity contribution in [1.82, 2.24) is 4.90 Å². The summed E-state index contributed by atoms with van der Waals surface area (Å²) < 4.78 is 0. The van der Waals surface area contributed by atoms with Crippen molar-refractivity contribution in [2.45, 2.75) is 30.6 Å². The average Bonchev–Trinajstić information content (AvgIpc) is 2.90. The Morgan fingerprint density at radius 1 is 1.00 bits per heavy atom. The molecular formula is C29H29N3O9. The Hall–Kier alpha value is -4.52. The number of hydrogen-bond donors (Lipinski definition) is 7. The summed E-state index contributed by atoms with van der Waals surface area (Å²) in [7, 11) is 2.88. The molecule has 3 aliphatic rings. The molecule has 3 aliphatic carbocycles. The number of aliphatic hydroxyl groups is 4. The van der Waals surface area contributed by atoms with Crippen molar-refractivity contribution < 1.29 is 44.7 Å². The first-order valence-electron chi connectivity index (χ1n) is 12.7. The third kappa shape index (κ3) is 3.64. The molecule has 2 amide bonds. The number of amides is 2. The van der Waals surface area contributed by atoms with E-state index in [1.54, 1.807) is 31.2 Å². The highest BCUT2D eigenvalue weighted by Crippen LogP contribution is 2.56. The summed E-state index contributed by atoms with van der Waals surface area (Å²) in [5, 5.41) is 57.2. The number of carbonyl (C=O) groups is 4. The van der Waals surface area contributed by atoms with Crippen LogP contribution in [0.2, 0.25) is 0 Å². The van der Waals surface area contributed by atoms with E-state index < -0.39 is 87.3 Å². The minimum absolute atomic E-state index is 0.150. The number of benzene rings is 2. The molecule has 6 unspecified atom stereocenters. The smallest absolute Gasteiger partial charge is 0.255 e. The largest absolute Gasteiger partial charge is 0.508 e. The van der Waals surface area contributed by atoms with E-state index >= 15 is 0 Å². The van der Waals surface area contributed by atoms with Gasteiger partial charge >= 0.3 is 0 Å². The van der Waals surface area contributed by atoms with Gasteiger partial charge in [0.1, 0.15) is 22.8 Å². The van der Waals surface area contributed by atoms with Crippen LogP contribution in [-0.2, 0) is 14.4 Å². The molecule has 214 valence electrons. The summed E-state index contributed by atoms with van der Waals surface area (Å²) in [6.45, 7) is 1.64. The fourth-order valence-corrected chi connectivity index (χ4v) is 6.69. The number of aromatic hydroxyl groups is 1. The van der Waals surface area contributed by atoms with Crippen LogP contribution in [0.25, 0.3) is 16.9 Å². The van der Waals surface area contributed by atoms with Crippen molar-refractivity contribution in [1.29, 1.82) is 0 Å². The van der Waals surface area contributed by atoms with Crippen molar-refractivity contribution in [2.75, 3.05) is 14.1 Å².